The van der Waals surface area contributed by atoms with Crippen molar-refractivity contribution in [3.05, 3.63) is 34.2 Å². The number of aromatic nitrogens is 1. The molecule has 1 heterocycles. The van der Waals surface area contributed by atoms with Crippen LogP contribution in [0.15, 0.2) is 23.1 Å². The molecule has 0 unspecified atom stereocenters. The van der Waals surface area contributed by atoms with Crippen LogP contribution >= 0.6 is 0 Å². The predicted molar refractivity (Wildman–Crippen MR) is 53.4 cm³/mol. The molecule has 0 radical (unpaired) electrons. The number of nitrogens with one attached hydrogen (secondary N) is 2. The summed E-state index contributed by atoms with van der Waals surface area (Å²) in [4.78, 5) is 24.5. The van der Waals surface area contributed by atoms with E-state index >= 15 is 0 Å². The van der Waals surface area contributed by atoms with Crippen LogP contribution in [0.5, 0.6) is 0 Å². The number of pyridine rings is 1. The van der Waals surface area contributed by atoms with Crippen molar-refractivity contribution in [3.8, 4) is 0 Å². The van der Waals surface area contributed by atoms with Gasteiger partial charge in [-0.2, -0.15) is 0 Å². The Bertz CT molecular complexity index is 431. The van der Waals surface area contributed by atoms with Gasteiger partial charge in [0, 0.05) is 17.8 Å². The maximum atomic E-state index is 12.7. The molecule has 1 amide bonds. The van der Waals surface area contributed by atoms with E-state index < -0.39 is 30.5 Å². The lowest BCUT2D eigenvalue weighted by molar-refractivity contribution is 0.0118. The Hall–Kier alpha value is -1.76. The summed E-state index contributed by atoms with van der Waals surface area (Å²) in [6.45, 7) is -1.70. The maximum absolute atomic E-state index is 12.7. The van der Waals surface area contributed by atoms with Crippen LogP contribution in [-0.2, 0) is 0 Å². The molecule has 5 nitrogen and oxygen atoms in total. The highest BCUT2D eigenvalue weighted by molar-refractivity contribution is 5.93. The number of carbonyl (C=O) groups excluding carboxylic acids is 1. The minimum atomic E-state index is -3.14. The lowest BCUT2D eigenvalue weighted by Crippen LogP contribution is -2.41. The van der Waals surface area contributed by atoms with Crippen LogP contribution in [0.2, 0.25) is 0 Å². The zero-order valence-corrected chi connectivity index (χ0v) is 8.30. The lowest BCUT2D eigenvalue weighted by Gasteiger charge is -2.14. The minimum Gasteiger partial charge on any atom is -0.346 e. The van der Waals surface area contributed by atoms with Crippen LogP contribution in [0.25, 0.3) is 0 Å². The van der Waals surface area contributed by atoms with E-state index in [1.54, 1.807) is 0 Å². The standard InChI is InChI=1S/C9H11F2N3O2/c10-9(11,4-12)5-14-8(16)6-1-2-13-7(15)3-6/h1-3H,4-5,12H2,(H,13,15)(H,14,16). The summed E-state index contributed by atoms with van der Waals surface area (Å²) in [5.41, 5.74) is 4.35. The van der Waals surface area contributed by atoms with E-state index in [0.717, 1.165) is 6.07 Å². The van der Waals surface area contributed by atoms with Gasteiger partial charge in [-0.1, -0.05) is 0 Å². The number of nitrogens with two attached hydrogens (primary N) is 1. The van der Waals surface area contributed by atoms with Gasteiger partial charge in [0.15, 0.2) is 0 Å². The van der Waals surface area contributed by atoms with Gasteiger partial charge >= 0.3 is 0 Å². The molecule has 0 aromatic carbocycles. The van der Waals surface area contributed by atoms with Crippen molar-refractivity contribution in [1.29, 1.82) is 0 Å². The zero-order chi connectivity index (χ0) is 12.2. The van der Waals surface area contributed by atoms with E-state index in [1.165, 1.54) is 12.3 Å². The number of H-pyrrole nitrogens is 1. The maximum Gasteiger partial charge on any atom is 0.277 e. The average molecular weight is 231 g/mol. The first kappa shape index (κ1) is 12.3. The third-order valence-corrected chi connectivity index (χ3v) is 1.84. The number of halogens is 2. The Morgan fingerprint density at radius 3 is 2.81 bits per heavy atom. The quantitative estimate of drug-likeness (QED) is 0.664. The van der Waals surface area contributed by atoms with E-state index in [2.05, 4.69) is 4.98 Å². The molecule has 1 rings (SSSR count). The SMILES string of the molecule is NCC(F)(F)CNC(=O)c1cc[nH]c(=O)c1. The van der Waals surface area contributed by atoms with Gasteiger partial charge in [0.05, 0.1) is 13.1 Å². The highest BCUT2D eigenvalue weighted by Gasteiger charge is 2.27. The first-order valence-corrected chi connectivity index (χ1v) is 4.49. The second kappa shape index (κ2) is 4.84. The average Bonchev–Trinajstić information content (AvgIpc) is 2.26. The van der Waals surface area contributed by atoms with E-state index in [9.17, 15) is 18.4 Å². The van der Waals surface area contributed by atoms with Gasteiger partial charge < -0.3 is 16.0 Å². The molecule has 0 spiro atoms. The number of rotatable bonds is 4. The van der Waals surface area contributed by atoms with Crippen molar-refractivity contribution >= 4 is 5.91 Å². The van der Waals surface area contributed by atoms with Gasteiger partial charge in [-0.05, 0) is 6.07 Å². The summed E-state index contributed by atoms with van der Waals surface area (Å²) >= 11 is 0. The number of hydrogen-bond acceptors (Lipinski definition) is 3. The minimum absolute atomic E-state index is 0.0246. The first-order chi connectivity index (χ1) is 7.44. The largest absolute Gasteiger partial charge is 0.346 e. The summed E-state index contributed by atoms with van der Waals surface area (Å²) in [6.07, 6.45) is 1.26. The molecule has 0 fully saturated rings. The van der Waals surface area contributed by atoms with Crippen LogP contribution < -0.4 is 16.6 Å². The summed E-state index contributed by atoms with van der Waals surface area (Å²) in [5.74, 6) is -3.88. The van der Waals surface area contributed by atoms with Gasteiger partial charge in [-0.3, -0.25) is 9.59 Å². The summed E-state index contributed by atoms with van der Waals surface area (Å²) in [6, 6.07) is 2.34. The monoisotopic (exact) mass is 231 g/mol. The number of amides is 1. The molecule has 0 aliphatic carbocycles. The van der Waals surface area contributed by atoms with E-state index in [1.807, 2.05) is 5.32 Å². The van der Waals surface area contributed by atoms with Crippen molar-refractivity contribution in [1.82, 2.24) is 10.3 Å². The number of alkyl halides is 2. The molecule has 88 valence electrons. The van der Waals surface area contributed by atoms with Crippen LogP contribution in [0.4, 0.5) is 8.78 Å². The molecule has 4 N–H and O–H groups in total. The second-order valence-corrected chi connectivity index (χ2v) is 3.18. The topological polar surface area (TPSA) is 88.0 Å². The van der Waals surface area contributed by atoms with Gasteiger partial charge in [-0.15, -0.1) is 0 Å². The molecular formula is C9H11F2N3O2. The third kappa shape index (κ3) is 3.43. The second-order valence-electron chi connectivity index (χ2n) is 3.18. The molecular weight excluding hydrogens is 220 g/mol. The van der Waals surface area contributed by atoms with E-state index in [-0.39, 0.29) is 5.56 Å². The number of carbonyl (C=O) groups is 1. The van der Waals surface area contributed by atoms with Gasteiger partial charge in [0.1, 0.15) is 0 Å². The third-order valence-electron chi connectivity index (χ3n) is 1.84. The molecule has 0 aliphatic heterocycles. The summed E-state index contributed by atoms with van der Waals surface area (Å²) in [5, 5.41) is 2.00. The molecule has 1 aromatic rings. The Labute approximate surface area is 89.7 Å². The van der Waals surface area contributed by atoms with Crippen molar-refractivity contribution < 1.29 is 13.6 Å². The van der Waals surface area contributed by atoms with Crippen LogP contribution in [0, 0.1) is 0 Å². The Morgan fingerprint density at radius 2 is 2.25 bits per heavy atom. The molecule has 0 bridgehead atoms. The smallest absolute Gasteiger partial charge is 0.277 e. The highest BCUT2D eigenvalue weighted by Crippen LogP contribution is 2.08. The molecule has 0 aliphatic rings. The molecule has 7 heteroatoms. The molecule has 0 saturated carbocycles. The van der Waals surface area contributed by atoms with Crippen molar-refractivity contribution in [2.24, 2.45) is 5.73 Å². The fourth-order valence-corrected chi connectivity index (χ4v) is 0.970. The van der Waals surface area contributed by atoms with Crippen LogP contribution in [0.3, 0.4) is 0 Å². The Morgan fingerprint density at radius 1 is 1.56 bits per heavy atom. The van der Waals surface area contributed by atoms with E-state index in [0.29, 0.717) is 0 Å². The molecule has 1 aromatic heterocycles. The van der Waals surface area contributed by atoms with Crippen LogP contribution in [-0.4, -0.2) is 29.9 Å². The van der Waals surface area contributed by atoms with E-state index in [4.69, 9.17) is 5.73 Å². The normalized spacial score (nSPS) is 11.2. The molecule has 0 saturated heterocycles. The van der Waals surface area contributed by atoms with Crippen LogP contribution in [0.1, 0.15) is 10.4 Å². The highest BCUT2D eigenvalue weighted by atomic mass is 19.3. The number of aromatic amines is 1. The zero-order valence-electron chi connectivity index (χ0n) is 8.30. The Kier molecular flexibility index (Phi) is 3.73. The van der Waals surface area contributed by atoms with Crippen molar-refractivity contribution in [3.63, 3.8) is 0 Å². The lowest BCUT2D eigenvalue weighted by atomic mass is 10.2. The fourth-order valence-electron chi connectivity index (χ4n) is 0.970. The molecule has 0 atom stereocenters. The first-order valence-electron chi connectivity index (χ1n) is 4.49. The Balaban J connectivity index is 2.63. The van der Waals surface area contributed by atoms with Gasteiger partial charge in [0.25, 0.3) is 11.8 Å². The predicted octanol–water partition coefficient (Wildman–Crippen LogP) is -0.301. The van der Waals surface area contributed by atoms with Gasteiger partial charge in [-0.25, -0.2) is 8.78 Å². The number of hydrogen-bond donors (Lipinski definition) is 3. The summed E-state index contributed by atoms with van der Waals surface area (Å²) in [7, 11) is 0. The van der Waals surface area contributed by atoms with Crippen molar-refractivity contribution in [2.45, 2.75) is 5.92 Å². The molecule has 16 heavy (non-hydrogen) atoms. The van der Waals surface area contributed by atoms with Crippen molar-refractivity contribution in [2.75, 3.05) is 13.1 Å². The fraction of sp³-hybridized carbons (Fsp3) is 0.333. The summed E-state index contributed by atoms with van der Waals surface area (Å²) < 4.78 is 25.4. The van der Waals surface area contributed by atoms with Gasteiger partial charge in [0.2, 0.25) is 5.56 Å².